The number of esters is 1. The summed E-state index contributed by atoms with van der Waals surface area (Å²) >= 11 is 0. The molecule has 2 heterocycles. The summed E-state index contributed by atoms with van der Waals surface area (Å²) in [7, 11) is 1.19. The number of nitrogens with one attached hydrogen (secondary N) is 1. The fourth-order valence-electron chi connectivity index (χ4n) is 2.43. The molecule has 1 saturated heterocycles. The number of carbonyl (C=O) groups is 3. The van der Waals surface area contributed by atoms with Crippen molar-refractivity contribution in [2.75, 3.05) is 13.7 Å². The van der Waals surface area contributed by atoms with Gasteiger partial charge in [-0.15, -0.1) is 0 Å². The molecule has 1 aromatic heterocycles. The van der Waals surface area contributed by atoms with Crippen molar-refractivity contribution in [1.82, 2.24) is 10.2 Å². The Hall–Kier alpha value is -2.83. The lowest BCUT2D eigenvalue weighted by Gasteiger charge is -2.18. The molecule has 1 unspecified atom stereocenters. The number of benzene rings is 1. The lowest BCUT2D eigenvalue weighted by Crippen LogP contribution is -2.41. The van der Waals surface area contributed by atoms with E-state index in [1.165, 1.54) is 7.11 Å². The van der Waals surface area contributed by atoms with Crippen molar-refractivity contribution in [3.8, 4) is 0 Å². The molecule has 22 heavy (non-hydrogen) atoms. The molecule has 1 atom stereocenters. The van der Waals surface area contributed by atoms with E-state index in [-0.39, 0.29) is 0 Å². The Kier molecular flexibility index (Phi) is 3.13. The summed E-state index contributed by atoms with van der Waals surface area (Å²) in [4.78, 5) is 36.7. The quantitative estimate of drug-likeness (QED) is 0.683. The van der Waals surface area contributed by atoms with Crippen LogP contribution in [0.5, 0.6) is 0 Å². The van der Waals surface area contributed by atoms with Crippen LogP contribution in [0.25, 0.3) is 11.0 Å². The van der Waals surface area contributed by atoms with Crippen LogP contribution in [-0.2, 0) is 19.9 Å². The molecular formula is C15H14N2O5. The number of hydrogen-bond donors (Lipinski definition) is 1. The van der Waals surface area contributed by atoms with Crippen molar-refractivity contribution in [2.24, 2.45) is 0 Å². The van der Waals surface area contributed by atoms with Crippen molar-refractivity contribution in [2.45, 2.75) is 12.5 Å². The molecule has 2 aromatic rings. The first-order chi connectivity index (χ1) is 10.5. The molecule has 3 amide bonds. The van der Waals surface area contributed by atoms with Crippen molar-refractivity contribution in [3.05, 3.63) is 36.1 Å². The number of urea groups is 1. The van der Waals surface area contributed by atoms with Crippen LogP contribution in [0.2, 0.25) is 0 Å². The van der Waals surface area contributed by atoms with Gasteiger partial charge in [-0.3, -0.25) is 14.5 Å². The smallest absolute Gasteiger partial charge is 0.325 e. The first kappa shape index (κ1) is 14.1. The zero-order valence-corrected chi connectivity index (χ0v) is 12.1. The van der Waals surface area contributed by atoms with Gasteiger partial charge in [0.05, 0.1) is 7.11 Å². The third kappa shape index (κ3) is 2.02. The molecule has 0 saturated carbocycles. The molecule has 0 radical (unpaired) electrons. The monoisotopic (exact) mass is 302 g/mol. The van der Waals surface area contributed by atoms with Gasteiger partial charge in [0.25, 0.3) is 5.91 Å². The second-order valence-electron chi connectivity index (χ2n) is 5.17. The van der Waals surface area contributed by atoms with E-state index in [1.54, 1.807) is 19.1 Å². The van der Waals surface area contributed by atoms with Gasteiger partial charge in [0.1, 0.15) is 17.9 Å². The number of carbonyl (C=O) groups excluding carboxylic acids is 3. The topological polar surface area (TPSA) is 88.8 Å². The Bertz CT molecular complexity index is 748. The van der Waals surface area contributed by atoms with E-state index in [4.69, 9.17) is 4.42 Å². The zero-order valence-electron chi connectivity index (χ0n) is 12.1. The summed E-state index contributed by atoms with van der Waals surface area (Å²) in [6.07, 6.45) is 0. The van der Waals surface area contributed by atoms with Gasteiger partial charge in [-0.05, 0) is 19.1 Å². The maximum atomic E-state index is 12.5. The molecule has 7 heteroatoms. The van der Waals surface area contributed by atoms with Crippen molar-refractivity contribution in [1.29, 1.82) is 0 Å². The first-order valence-corrected chi connectivity index (χ1v) is 6.65. The molecule has 1 aliphatic heterocycles. The SMILES string of the molecule is COC(=O)CN1C(=O)NC(C)(c2cc3ccccc3o2)C1=O. The van der Waals surface area contributed by atoms with Crippen LogP contribution in [0.15, 0.2) is 34.7 Å². The highest BCUT2D eigenvalue weighted by molar-refractivity contribution is 6.08. The highest BCUT2D eigenvalue weighted by atomic mass is 16.5. The van der Waals surface area contributed by atoms with Crippen LogP contribution in [-0.4, -0.2) is 36.5 Å². The third-order valence-corrected chi connectivity index (χ3v) is 3.71. The summed E-state index contributed by atoms with van der Waals surface area (Å²) in [6.45, 7) is 1.11. The molecule has 1 aliphatic rings. The largest absolute Gasteiger partial charge is 0.468 e. The number of ether oxygens (including phenoxy) is 1. The average molecular weight is 302 g/mol. The standard InChI is InChI=1S/C15H14N2O5/c1-15(11-7-9-5-3-4-6-10(9)22-11)13(19)17(14(20)16-15)8-12(18)21-2/h3-7H,8H2,1-2H3,(H,16,20). The Morgan fingerprint density at radius 3 is 2.77 bits per heavy atom. The number of para-hydroxylation sites is 1. The van der Waals surface area contributed by atoms with Gasteiger partial charge in [-0.1, -0.05) is 18.2 Å². The maximum Gasteiger partial charge on any atom is 0.325 e. The molecule has 1 N–H and O–H groups in total. The Labute approximate surface area is 125 Å². The van der Waals surface area contributed by atoms with E-state index < -0.39 is 30.0 Å². The van der Waals surface area contributed by atoms with E-state index in [9.17, 15) is 14.4 Å². The van der Waals surface area contributed by atoms with Gasteiger partial charge >= 0.3 is 12.0 Å². The van der Waals surface area contributed by atoms with E-state index in [0.29, 0.717) is 11.3 Å². The highest BCUT2D eigenvalue weighted by Gasteiger charge is 2.51. The minimum atomic E-state index is -1.34. The summed E-state index contributed by atoms with van der Waals surface area (Å²) in [6, 6.07) is 8.33. The Morgan fingerprint density at radius 1 is 1.36 bits per heavy atom. The van der Waals surface area contributed by atoms with Crippen molar-refractivity contribution < 1.29 is 23.5 Å². The maximum absolute atomic E-state index is 12.5. The van der Waals surface area contributed by atoms with Crippen molar-refractivity contribution in [3.63, 3.8) is 0 Å². The molecule has 1 aromatic carbocycles. The normalized spacial score (nSPS) is 21.3. The van der Waals surface area contributed by atoms with Gasteiger partial charge < -0.3 is 14.5 Å². The summed E-state index contributed by atoms with van der Waals surface area (Å²) in [5, 5.41) is 3.40. The molecular weight excluding hydrogens is 288 g/mol. The zero-order chi connectivity index (χ0) is 15.9. The minimum Gasteiger partial charge on any atom is -0.468 e. The van der Waals surface area contributed by atoms with E-state index >= 15 is 0 Å². The van der Waals surface area contributed by atoms with Crippen LogP contribution in [0, 0.1) is 0 Å². The van der Waals surface area contributed by atoms with E-state index in [1.807, 2.05) is 18.2 Å². The third-order valence-electron chi connectivity index (χ3n) is 3.71. The summed E-state index contributed by atoms with van der Waals surface area (Å²) in [5.41, 5.74) is -0.725. The fraction of sp³-hybridized carbons (Fsp3) is 0.267. The van der Waals surface area contributed by atoms with Gasteiger partial charge in [0.2, 0.25) is 0 Å². The lowest BCUT2D eigenvalue weighted by molar-refractivity contribution is -0.145. The Morgan fingerprint density at radius 2 is 2.09 bits per heavy atom. The highest BCUT2D eigenvalue weighted by Crippen LogP contribution is 2.32. The molecule has 7 nitrogen and oxygen atoms in total. The first-order valence-electron chi connectivity index (χ1n) is 6.65. The fourth-order valence-corrected chi connectivity index (χ4v) is 2.43. The molecule has 0 spiro atoms. The molecule has 114 valence electrons. The van der Waals surface area contributed by atoms with Gasteiger partial charge in [-0.2, -0.15) is 0 Å². The number of fused-ring (bicyclic) bond motifs is 1. The predicted molar refractivity (Wildman–Crippen MR) is 75.8 cm³/mol. The molecule has 0 bridgehead atoms. The Balaban J connectivity index is 1.97. The van der Waals surface area contributed by atoms with Crippen LogP contribution < -0.4 is 5.32 Å². The average Bonchev–Trinajstić information content (AvgIpc) is 3.03. The minimum absolute atomic E-state index is 0.319. The number of amides is 3. The molecule has 3 rings (SSSR count). The summed E-state index contributed by atoms with van der Waals surface area (Å²) in [5.74, 6) is -0.904. The number of methoxy groups -OCH3 is 1. The number of imide groups is 1. The molecule has 0 aliphatic carbocycles. The predicted octanol–water partition coefficient (Wildman–Crippen LogP) is 1.37. The second-order valence-corrected chi connectivity index (χ2v) is 5.17. The van der Waals surface area contributed by atoms with E-state index in [2.05, 4.69) is 10.1 Å². The molecule has 1 fully saturated rings. The number of nitrogens with zero attached hydrogens (tertiary/aromatic N) is 1. The lowest BCUT2D eigenvalue weighted by atomic mass is 9.99. The van der Waals surface area contributed by atoms with Crippen LogP contribution in [0.3, 0.4) is 0 Å². The second kappa shape index (κ2) is 4.87. The number of hydrogen-bond acceptors (Lipinski definition) is 5. The van der Waals surface area contributed by atoms with E-state index in [0.717, 1.165) is 10.3 Å². The van der Waals surface area contributed by atoms with Gasteiger partial charge in [0, 0.05) is 5.39 Å². The number of rotatable bonds is 3. The van der Waals surface area contributed by atoms with Crippen LogP contribution >= 0.6 is 0 Å². The van der Waals surface area contributed by atoms with Gasteiger partial charge in [0.15, 0.2) is 5.54 Å². The van der Waals surface area contributed by atoms with Crippen LogP contribution in [0.4, 0.5) is 4.79 Å². The van der Waals surface area contributed by atoms with Gasteiger partial charge in [-0.25, -0.2) is 4.79 Å². The van der Waals surface area contributed by atoms with Crippen LogP contribution in [0.1, 0.15) is 12.7 Å². The summed E-state index contributed by atoms with van der Waals surface area (Å²) < 4.78 is 10.2. The number of furan rings is 1. The van der Waals surface area contributed by atoms with Crippen molar-refractivity contribution >= 4 is 28.9 Å².